The van der Waals surface area contributed by atoms with Crippen molar-refractivity contribution in [2.45, 2.75) is 26.1 Å². The van der Waals surface area contributed by atoms with Crippen LogP contribution in [0.1, 0.15) is 29.3 Å². The van der Waals surface area contributed by atoms with E-state index in [1.807, 2.05) is 6.07 Å². The van der Waals surface area contributed by atoms with Crippen molar-refractivity contribution in [1.29, 1.82) is 0 Å². The Morgan fingerprint density at radius 1 is 1.38 bits per heavy atom. The monoisotopic (exact) mass is 224 g/mol. The number of aliphatic hydroxyl groups excluding tert-OH is 1. The lowest BCUT2D eigenvalue weighted by molar-refractivity contribution is -0.0447. The highest BCUT2D eigenvalue weighted by molar-refractivity contribution is 5.91. The minimum Gasteiger partial charge on any atom is -0.462 e. The van der Waals surface area contributed by atoms with Crippen molar-refractivity contribution in [3.05, 3.63) is 35.4 Å². The van der Waals surface area contributed by atoms with E-state index < -0.39 is 6.29 Å². The Kier molecular flexibility index (Phi) is 4.95. The number of hydrogen-bond donors (Lipinski definition) is 2. The predicted octanol–water partition coefficient (Wildman–Crippen LogP) is 1.11. The molecule has 0 aliphatic rings. The Morgan fingerprint density at radius 2 is 2.06 bits per heavy atom. The first-order chi connectivity index (χ1) is 7.65. The molecule has 4 heteroatoms. The minimum absolute atomic E-state index is 0.205. The number of hydrogen-bond acceptors (Lipinski definition) is 4. The molecule has 16 heavy (non-hydrogen) atoms. The van der Waals surface area contributed by atoms with Crippen LogP contribution in [-0.4, -0.2) is 29.1 Å². The van der Waals surface area contributed by atoms with Gasteiger partial charge in [-0.1, -0.05) is 18.2 Å². The first-order valence-corrected chi connectivity index (χ1v) is 5.26. The van der Waals surface area contributed by atoms with Crippen LogP contribution in [0.25, 0.3) is 0 Å². The molecule has 2 N–H and O–H groups in total. The normalized spacial score (nSPS) is 10.5. The number of aryl methyl sites for hydroxylation is 1. The maximum Gasteiger partial charge on any atom is 0.338 e. The number of aliphatic hydroxyl groups is 2. The minimum atomic E-state index is -1.35. The summed E-state index contributed by atoms with van der Waals surface area (Å²) in [6.07, 6.45) is -0.710. The van der Waals surface area contributed by atoms with E-state index in [2.05, 4.69) is 0 Å². The highest BCUT2D eigenvalue weighted by Crippen LogP contribution is 2.13. The molecule has 0 atom stereocenters. The van der Waals surface area contributed by atoms with Crippen LogP contribution in [0.3, 0.4) is 0 Å². The third-order valence-electron chi connectivity index (χ3n) is 2.18. The van der Waals surface area contributed by atoms with Crippen molar-refractivity contribution in [2.75, 3.05) is 6.61 Å². The SMILES string of the molecule is CCOC(=O)c1ccccc1CCC(O)O. The van der Waals surface area contributed by atoms with Gasteiger partial charge >= 0.3 is 5.97 Å². The molecule has 0 saturated heterocycles. The number of benzene rings is 1. The molecule has 1 aromatic rings. The van der Waals surface area contributed by atoms with Crippen molar-refractivity contribution >= 4 is 5.97 Å². The van der Waals surface area contributed by atoms with Gasteiger partial charge in [-0.3, -0.25) is 0 Å². The zero-order chi connectivity index (χ0) is 12.0. The fraction of sp³-hybridized carbons (Fsp3) is 0.417. The van der Waals surface area contributed by atoms with Crippen LogP contribution in [0.2, 0.25) is 0 Å². The van der Waals surface area contributed by atoms with E-state index in [0.29, 0.717) is 18.6 Å². The number of carbonyl (C=O) groups excluding carboxylic acids is 1. The lowest BCUT2D eigenvalue weighted by Gasteiger charge is -2.09. The Labute approximate surface area is 94.5 Å². The average molecular weight is 224 g/mol. The first kappa shape index (κ1) is 12.7. The molecule has 0 radical (unpaired) electrons. The summed E-state index contributed by atoms with van der Waals surface area (Å²) in [6.45, 7) is 2.08. The van der Waals surface area contributed by atoms with Crippen molar-refractivity contribution in [2.24, 2.45) is 0 Å². The van der Waals surface area contributed by atoms with E-state index in [4.69, 9.17) is 14.9 Å². The van der Waals surface area contributed by atoms with E-state index in [9.17, 15) is 4.79 Å². The van der Waals surface area contributed by atoms with Crippen LogP contribution >= 0.6 is 0 Å². The summed E-state index contributed by atoms with van der Waals surface area (Å²) in [5.41, 5.74) is 1.26. The fourth-order valence-electron chi connectivity index (χ4n) is 1.43. The highest BCUT2D eigenvalue weighted by Gasteiger charge is 2.12. The van der Waals surface area contributed by atoms with Gasteiger partial charge in [0, 0.05) is 6.42 Å². The van der Waals surface area contributed by atoms with Gasteiger partial charge in [-0.05, 0) is 25.0 Å². The van der Waals surface area contributed by atoms with Crippen LogP contribution in [0.4, 0.5) is 0 Å². The summed E-state index contributed by atoms with van der Waals surface area (Å²) in [5, 5.41) is 17.6. The van der Waals surface area contributed by atoms with Crippen molar-refractivity contribution in [1.82, 2.24) is 0 Å². The molecule has 0 spiro atoms. The van der Waals surface area contributed by atoms with Gasteiger partial charge in [0.05, 0.1) is 12.2 Å². The Bertz CT molecular complexity index is 347. The summed E-state index contributed by atoms with van der Waals surface area (Å²) in [6, 6.07) is 7.03. The van der Waals surface area contributed by atoms with Gasteiger partial charge in [0.15, 0.2) is 6.29 Å². The van der Waals surface area contributed by atoms with Crippen LogP contribution in [-0.2, 0) is 11.2 Å². The second kappa shape index (κ2) is 6.25. The first-order valence-electron chi connectivity index (χ1n) is 5.26. The topological polar surface area (TPSA) is 66.8 Å². The Balaban J connectivity index is 2.78. The van der Waals surface area contributed by atoms with E-state index >= 15 is 0 Å². The number of ether oxygens (including phenoxy) is 1. The standard InChI is InChI=1S/C12H16O4/c1-2-16-12(15)10-6-4-3-5-9(10)7-8-11(13)14/h3-6,11,13-14H,2,7-8H2,1H3. The van der Waals surface area contributed by atoms with E-state index in [1.54, 1.807) is 25.1 Å². The van der Waals surface area contributed by atoms with Crippen molar-refractivity contribution in [3.8, 4) is 0 Å². The molecular formula is C12H16O4. The maximum absolute atomic E-state index is 11.6. The molecule has 0 aliphatic carbocycles. The van der Waals surface area contributed by atoms with Gasteiger partial charge in [0.2, 0.25) is 0 Å². The van der Waals surface area contributed by atoms with Gasteiger partial charge < -0.3 is 14.9 Å². The summed E-state index contributed by atoms with van der Waals surface area (Å²) in [5.74, 6) is -0.370. The zero-order valence-electron chi connectivity index (χ0n) is 9.22. The second-order valence-corrected chi connectivity index (χ2v) is 3.40. The third kappa shape index (κ3) is 3.64. The summed E-state index contributed by atoms with van der Waals surface area (Å²) >= 11 is 0. The molecule has 4 nitrogen and oxygen atoms in total. The smallest absolute Gasteiger partial charge is 0.338 e. The molecular weight excluding hydrogens is 208 g/mol. The number of carbonyl (C=O) groups is 1. The molecule has 0 saturated carbocycles. The molecule has 0 amide bonds. The Hall–Kier alpha value is -1.39. The maximum atomic E-state index is 11.6. The molecule has 88 valence electrons. The lowest BCUT2D eigenvalue weighted by atomic mass is 10.0. The molecule has 1 aromatic carbocycles. The lowest BCUT2D eigenvalue weighted by Crippen LogP contribution is -2.11. The van der Waals surface area contributed by atoms with Crippen molar-refractivity contribution < 1.29 is 19.7 Å². The van der Waals surface area contributed by atoms with Crippen LogP contribution in [0.15, 0.2) is 24.3 Å². The van der Waals surface area contributed by atoms with Gasteiger partial charge in [-0.2, -0.15) is 0 Å². The molecule has 1 rings (SSSR count). The highest BCUT2D eigenvalue weighted by atomic mass is 16.5. The molecule has 0 fully saturated rings. The van der Waals surface area contributed by atoms with E-state index in [-0.39, 0.29) is 12.4 Å². The van der Waals surface area contributed by atoms with Gasteiger partial charge in [0.1, 0.15) is 0 Å². The Morgan fingerprint density at radius 3 is 2.69 bits per heavy atom. The molecule has 0 heterocycles. The van der Waals surface area contributed by atoms with Gasteiger partial charge in [-0.25, -0.2) is 4.79 Å². The largest absolute Gasteiger partial charge is 0.462 e. The fourth-order valence-corrected chi connectivity index (χ4v) is 1.43. The van der Waals surface area contributed by atoms with Crippen LogP contribution in [0, 0.1) is 0 Å². The average Bonchev–Trinajstić information content (AvgIpc) is 2.27. The summed E-state index contributed by atoms with van der Waals surface area (Å²) < 4.78 is 4.91. The summed E-state index contributed by atoms with van der Waals surface area (Å²) in [7, 11) is 0. The molecule has 0 aromatic heterocycles. The molecule has 0 unspecified atom stereocenters. The second-order valence-electron chi connectivity index (χ2n) is 3.40. The van der Waals surface area contributed by atoms with Gasteiger partial charge in [0.25, 0.3) is 0 Å². The zero-order valence-corrected chi connectivity index (χ0v) is 9.22. The summed E-state index contributed by atoms with van der Waals surface area (Å²) in [4.78, 5) is 11.6. The number of esters is 1. The third-order valence-corrected chi connectivity index (χ3v) is 2.18. The molecule has 0 bridgehead atoms. The molecule has 0 aliphatic heterocycles. The van der Waals surface area contributed by atoms with Crippen LogP contribution in [0.5, 0.6) is 0 Å². The van der Waals surface area contributed by atoms with Crippen LogP contribution < -0.4 is 0 Å². The van der Waals surface area contributed by atoms with Crippen molar-refractivity contribution in [3.63, 3.8) is 0 Å². The van der Waals surface area contributed by atoms with E-state index in [1.165, 1.54) is 0 Å². The quantitative estimate of drug-likeness (QED) is 0.580. The van der Waals surface area contributed by atoms with Gasteiger partial charge in [-0.15, -0.1) is 0 Å². The predicted molar refractivity (Wildman–Crippen MR) is 58.9 cm³/mol. The number of rotatable bonds is 5. The van der Waals surface area contributed by atoms with E-state index in [0.717, 1.165) is 5.56 Å².